The standard InChI is InChI=1S/C15H16FNO4S/c1-3-21-13-7-5-4-6-12(13)17-22(18,19)15-10-11(16)8-9-14(15)20-2/h4-10,17H,3H2,1-2H3. The van der Waals surface area contributed by atoms with Gasteiger partial charge in [0.1, 0.15) is 22.2 Å². The molecule has 0 bridgehead atoms. The van der Waals surface area contributed by atoms with Gasteiger partial charge in [0, 0.05) is 0 Å². The Morgan fingerprint density at radius 2 is 1.86 bits per heavy atom. The van der Waals surface area contributed by atoms with Crippen LogP contribution in [0, 0.1) is 5.82 Å². The molecule has 0 aromatic heterocycles. The summed E-state index contributed by atoms with van der Waals surface area (Å²) in [6.07, 6.45) is 0. The van der Waals surface area contributed by atoms with Gasteiger partial charge in [0.25, 0.3) is 10.0 Å². The number of hydrogen-bond donors (Lipinski definition) is 1. The summed E-state index contributed by atoms with van der Waals surface area (Å²) in [7, 11) is -2.69. The van der Waals surface area contributed by atoms with Crippen molar-refractivity contribution in [2.24, 2.45) is 0 Å². The average molecular weight is 325 g/mol. The third-order valence-electron chi connectivity index (χ3n) is 2.85. The quantitative estimate of drug-likeness (QED) is 0.886. The van der Waals surface area contributed by atoms with Crippen LogP contribution in [0.3, 0.4) is 0 Å². The molecule has 0 aliphatic rings. The first kappa shape index (κ1) is 16.1. The number of sulfonamides is 1. The lowest BCUT2D eigenvalue weighted by molar-refractivity contribution is 0.342. The SMILES string of the molecule is CCOc1ccccc1NS(=O)(=O)c1cc(F)ccc1OC. The zero-order valence-electron chi connectivity index (χ0n) is 12.2. The summed E-state index contributed by atoms with van der Waals surface area (Å²) in [5.74, 6) is -0.217. The lowest BCUT2D eigenvalue weighted by atomic mass is 10.3. The molecule has 0 heterocycles. The van der Waals surface area contributed by atoms with Gasteiger partial charge in [-0.3, -0.25) is 4.72 Å². The Morgan fingerprint density at radius 3 is 2.55 bits per heavy atom. The van der Waals surface area contributed by atoms with Crippen molar-refractivity contribution in [1.29, 1.82) is 0 Å². The van der Waals surface area contributed by atoms with Gasteiger partial charge in [-0.15, -0.1) is 0 Å². The van der Waals surface area contributed by atoms with E-state index in [1.54, 1.807) is 31.2 Å². The number of para-hydroxylation sites is 2. The molecular weight excluding hydrogens is 309 g/mol. The molecule has 0 aliphatic heterocycles. The molecular formula is C15H16FNO4S. The third-order valence-corrected chi connectivity index (χ3v) is 4.23. The Balaban J connectivity index is 2.43. The molecule has 0 radical (unpaired) electrons. The summed E-state index contributed by atoms with van der Waals surface area (Å²) in [6.45, 7) is 2.18. The molecule has 0 spiro atoms. The van der Waals surface area contributed by atoms with E-state index in [0.717, 1.165) is 12.1 Å². The molecule has 0 unspecified atom stereocenters. The van der Waals surface area contributed by atoms with Crippen molar-refractivity contribution in [3.63, 3.8) is 0 Å². The largest absolute Gasteiger partial charge is 0.495 e. The van der Waals surface area contributed by atoms with E-state index in [-0.39, 0.29) is 16.3 Å². The molecule has 0 amide bonds. The van der Waals surface area contributed by atoms with Crippen LogP contribution < -0.4 is 14.2 Å². The number of ether oxygens (including phenoxy) is 2. The Morgan fingerprint density at radius 1 is 1.14 bits per heavy atom. The predicted octanol–water partition coefficient (Wildman–Crippen LogP) is 3.03. The highest BCUT2D eigenvalue weighted by Gasteiger charge is 2.21. The minimum Gasteiger partial charge on any atom is -0.495 e. The van der Waals surface area contributed by atoms with Gasteiger partial charge >= 0.3 is 0 Å². The zero-order chi connectivity index (χ0) is 16.2. The highest BCUT2D eigenvalue weighted by atomic mass is 32.2. The van der Waals surface area contributed by atoms with Crippen molar-refractivity contribution in [3.8, 4) is 11.5 Å². The summed E-state index contributed by atoms with van der Waals surface area (Å²) in [5.41, 5.74) is 0.274. The molecule has 0 saturated heterocycles. The van der Waals surface area contributed by atoms with E-state index < -0.39 is 15.8 Å². The van der Waals surface area contributed by atoms with Crippen molar-refractivity contribution < 1.29 is 22.3 Å². The summed E-state index contributed by atoms with van der Waals surface area (Å²) < 4.78 is 51.1. The van der Waals surface area contributed by atoms with E-state index in [0.29, 0.717) is 12.4 Å². The topological polar surface area (TPSA) is 64.6 Å². The second-order valence-electron chi connectivity index (χ2n) is 4.33. The van der Waals surface area contributed by atoms with Gasteiger partial charge < -0.3 is 9.47 Å². The maximum atomic E-state index is 13.4. The Labute approximate surface area is 128 Å². The van der Waals surface area contributed by atoms with Gasteiger partial charge in [-0.05, 0) is 37.3 Å². The molecule has 7 heteroatoms. The number of anilines is 1. The molecule has 0 saturated carbocycles. The van der Waals surface area contributed by atoms with Crippen molar-refractivity contribution >= 4 is 15.7 Å². The first-order chi connectivity index (χ1) is 10.5. The fourth-order valence-electron chi connectivity index (χ4n) is 1.89. The molecule has 0 atom stereocenters. The van der Waals surface area contributed by atoms with E-state index in [1.165, 1.54) is 13.2 Å². The van der Waals surface area contributed by atoms with Gasteiger partial charge in [-0.1, -0.05) is 12.1 Å². The fraction of sp³-hybridized carbons (Fsp3) is 0.200. The normalized spacial score (nSPS) is 11.0. The van der Waals surface area contributed by atoms with Crippen molar-refractivity contribution in [2.45, 2.75) is 11.8 Å². The molecule has 2 rings (SSSR count). The summed E-state index contributed by atoms with van der Waals surface area (Å²) in [6, 6.07) is 9.90. The maximum absolute atomic E-state index is 13.4. The van der Waals surface area contributed by atoms with E-state index in [4.69, 9.17) is 9.47 Å². The van der Waals surface area contributed by atoms with E-state index in [9.17, 15) is 12.8 Å². The number of benzene rings is 2. The molecule has 0 fully saturated rings. The van der Waals surface area contributed by atoms with Gasteiger partial charge in [-0.2, -0.15) is 0 Å². The minimum absolute atomic E-state index is 0.0581. The van der Waals surface area contributed by atoms with Gasteiger partial charge in [0.2, 0.25) is 0 Å². The molecule has 5 nitrogen and oxygen atoms in total. The maximum Gasteiger partial charge on any atom is 0.265 e. The highest BCUT2D eigenvalue weighted by molar-refractivity contribution is 7.92. The average Bonchev–Trinajstić information content (AvgIpc) is 2.49. The fourth-order valence-corrected chi connectivity index (χ4v) is 3.14. The lowest BCUT2D eigenvalue weighted by Gasteiger charge is -2.14. The second kappa shape index (κ2) is 6.65. The van der Waals surface area contributed by atoms with Crippen LogP contribution in [0.25, 0.3) is 0 Å². The molecule has 2 aromatic rings. The number of hydrogen-bond acceptors (Lipinski definition) is 4. The van der Waals surface area contributed by atoms with Crippen LogP contribution in [-0.4, -0.2) is 22.1 Å². The number of rotatable bonds is 6. The minimum atomic E-state index is -4.01. The van der Waals surface area contributed by atoms with E-state index >= 15 is 0 Å². The zero-order valence-corrected chi connectivity index (χ0v) is 13.0. The Bertz CT molecular complexity index is 762. The molecule has 0 aliphatic carbocycles. The van der Waals surface area contributed by atoms with Crippen LogP contribution in [0.2, 0.25) is 0 Å². The smallest absolute Gasteiger partial charge is 0.265 e. The Hall–Kier alpha value is -2.28. The van der Waals surface area contributed by atoms with Crippen molar-refractivity contribution in [2.75, 3.05) is 18.4 Å². The number of methoxy groups -OCH3 is 1. The van der Waals surface area contributed by atoms with Gasteiger partial charge in [0.15, 0.2) is 0 Å². The third kappa shape index (κ3) is 3.48. The van der Waals surface area contributed by atoms with Crippen LogP contribution in [0.15, 0.2) is 47.4 Å². The van der Waals surface area contributed by atoms with E-state index in [2.05, 4.69) is 4.72 Å². The van der Waals surface area contributed by atoms with Crippen molar-refractivity contribution in [1.82, 2.24) is 0 Å². The predicted molar refractivity (Wildman–Crippen MR) is 81.4 cm³/mol. The monoisotopic (exact) mass is 325 g/mol. The summed E-state index contributed by atoms with van der Waals surface area (Å²) >= 11 is 0. The molecule has 2 aromatic carbocycles. The summed E-state index contributed by atoms with van der Waals surface area (Å²) in [5, 5.41) is 0. The van der Waals surface area contributed by atoms with E-state index in [1.807, 2.05) is 0 Å². The lowest BCUT2D eigenvalue weighted by Crippen LogP contribution is -2.15. The van der Waals surface area contributed by atoms with Crippen LogP contribution in [0.4, 0.5) is 10.1 Å². The second-order valence-corrected chi connectivity index (χ2v) is 5.98. The van der Waals surface area contributed by atoms with Crippen LogP contribution in [-0.2, 0) is 10.0 Å². The molecule has 118 valence electrons. The van der Waals surface area contributed by atoms with Gasteiger partial charge in [-0.25, -0.2) is 12.8 Å². The highest BCUT2D eigenvalue weighted by Crippen LogP contribution is 2.30. The van der Waals surface area contributed by atoms with Crippen LogP contribution >= 0.6 is 0 Å². The summed E-state index contributed by atoms with van der Waals surface area (Å²) in [4.78, 5) is -0.277. The Kier molecular flexibility index (Phi) is 4.87. The van der Waals surface area contributed by atoms with Gasteiger partial charge in [0.05, 0.1) is 19.4 Å². The number of nitrogens with one attached hydrogen (secondary N) is 1. The first-order valence-corrected chi connectivity index (χ1v) is 8.04. The van der Waals surface area contributed by atoms with Crippen LogP contribution in [0.1, 0.15) is 6.92 Å². The van der Waals surface area contributed by atoms with Crippen LogP contribution in [0.5, 0.6) is 11.5 Å². The molecule has 22 heavy (non-hydrogen) atoms. The van der Waals surface area contributed by atoms with Crippen molar-refractivity contribution in [3.05, 3.63) is 48.3 Å². The molecule has 1 N–H and O–H groups in total. The number of halogens is 1. The first-order valence-electron chi connectivity index (χ1n) is 6.56.